The average Bonchev–Trinajstić information content (AvgIpc) is 3.32. The van der Waals surface area contributed by atoms with Crippen LogP contribution in [0.3, 0.4) is 0 Å². The number of morpholine rings is 1. The van der Waals surface area contributed by atoms with Crippen LogP contribution in [0.2, 0.25) is 0 Å². The third kappa shape index (κ3) is 2.78. The van der Waals surface area contributed by atoms with Crippen molar-refractivity contribution in [1.82, 2.24) is 4.90 Å². The van der Waals surface area contributed by atoms with E-state index in [-0.39, 0.29) is 0 Å². The number of fused-ring (bicyclic) bond motifs is 3. The normalized spacial score (nSPS) is 27.9. The molecular weight excluding hydrogens is 322 g/mol. The Labute approximate surface area is 157 Å². The van der Waals surface area contributed by atoms with Crippen LogP contribution in [0.15, 0.2) is 29.3 Å². The molecule has 140 valence electrons. The Morgan fingerprint density at radius 1 is 1.04 bits per heavy atom. The van der Waals surface area contributed by atoms with Gasteiger partial charge in [0.2, 0.25) is 0 Å². The van der Waals surface area contributed by atoms with Gasteiger partial charge in [-0.25, -0.2) is 0 Å². The van der Waals surface area contributed by atoms with Gasteiger partial charge in [0, 0.05) is 43.3 Å². The van der Waals surface area contributed by atoms with E-state index in [1.165, 1.54) is 62.0 Å². The number of hydrogen-bond acceptors (Lipinski definition) is 4. The first kappa shape index (κ1) is 16.8. The summed E-state index contributed by atoms with van der Waals surface area (Å²) in [6, 6.07) is 8.90. The second kappa shape index (κ2) is 6.97. The maximum atomic E-state index is 5.54. The lowest BCUT2D eigenvalue weighted by molar-refractivity contribution is 0.0384. The Hall–Kier alpha value is -1.39. The number of anilines is 1. The summed E-state index contributed by atoms with van der Waals surface area (Å²) >= 11 is 0. The van der Waals surface area contributed by atoms with E-state index in [1.54, 1.807) is 0 Å². The number of aliphatic imine (C=N–C) groups is 1. The Morgan fingerprint density at radius 3 is 2.69 bits per heavy atom. The molecular formula is C22H31N3O. The van der Waals surface area contributed by atoms with Crippen molar-refractivity contribution in [1.29, 1.82) is 0 Å². The molecule has 1 saturated heterocycles. The minimum atomic E-state index is 0.314. The molecule has 1 aromatic carbocycles. The van der Waals surface area contributed by atoms with E-state index in [4.69, 9.17) is 9.73 Å². The topological polar surface area (TPSA) is 28.1 Å². The summed E-state index contributed by atoms with van der Waals surface area (Å²) in [5, 5.41) is 0. The third-order valence-corrected chi connectivity index (χ3v) is 7.16. The summed E-state index contributed by atoms with van der Waals surface area (Å²) in [7, 11) is 0. The summed E-state index contributed by atoms with van der Waals surface area (Å²) in [5.41, 5.74) is 4.40. The summed E-state index contributed by atoms with van der Waals surface area (Å²) < 4.78 is 5.54. The molecule has 4 aliphatic rings. The highest BCUT2D eigenvalue weighted by Gasteiger charge is 2.50. The minimum Gasteiger partial charge on any atom is -0.379 e. The Morgan fingerprint density at radius 2 is 1.85 bits per heavy atom. The Balaban J connectivity index is 1.51. The van der Waals surface area contributed by atoms with Crippen LogP contribution < -0.4 is 4.90 Å². The highest BCUT2D eigenvalue weighted by Crippen LogP contribution is 2.52. The molecule has 1 spiro atoms. The van der Waals surface area contributed by atoms with E-state index >= 15 is 0 Å². The SMILES string of the molecule is c1ccc2c(c1)N=C1CCCC1C1(CCCC1)N2CCN1CCOCC1. The molecule has 1 aromatic rings. The first-order valence-corrected chi connectivity index (χ1v) is 10.6. The van der Waals surface area contributed by atoms with Crippen molar-refractivity contribution in [2.45, 2.75) is 50.5 Å². The van der Waals surface area contributed by atoms with Crippen LogP contribution >= 0.6 is 0 Å². The molecule has 26 heavy (non-hydrogen) atoms. The van der Waals surface area contributed by atoms with Gasteiger partial charge in [-0.1, -0.05) is 25.0 Å². The zero-order valence-corrected chi connectivity index (χ0v) is 15.8. The maximum Gasteiger partial charge on any atom is 0.0862 e. The van der Waals surface area contributed by atoms with Crippen molar-refractivity contribution < 1.29 is 4.74 Å². The molecule has 0 N–H and O–H groups in total. The lowest BCUT2D eigenvalue weighted by atomic mass is 9.78. The van der Waals surface area contributed by atoms with Gasteiger partial charge in [0.1, 0.15) is 0 Å². The fourth-order valence-electron chi connectivity index (χ4n) is 5.93. The molecule has 0 aromatic heterocycles. The first-order chi connectivity index (χ1) is 12.9. The molecule has 4 heteroatoms. The lowest BCUT2D eigenvalue weighted by Crippen LogP contribution is -2.55. The van der Waals surface area contributed by atoms with Crippen LogP contribution in [-0.2, 0) is 4.74 Å². The van der Waals surface area contributed by atoms with Gasteiger partial charge in [0.25, 0.3) is 0 Å². The largest absolute Gasteiger partial charge is 0.379 e. The van der Waals surface area contributed by atoms with Crippen molar-refractivity contribution in [2.24, 2.45) is 10.9 Å². The van der Waals surface area contributed by atoms with Crippen molar-refractivity contribution in [3.05, 3.63) is 24.3 Å². The number of benzene rings is 1. The number of ether oxygens (including phenoxy) is 1. The van der Waals surface area contributed by atoms with Crippen LogP contribution in [0.4, 0.5) is 11.4 Å². The first-order valence-electron chi connectivity index (χ1n) is 10.6. The zero-order chi connectivity index (χ0) is 17.4. The molecule has 2 aliphatic heterocycles. The smallest absolute Gasteiger partial charge is 0.0862 e. The van der Waals surface area contributed by atoms with Gasteiger partial charge in [0.15, 0.2) is 0 Å². The fourth-order valence-corrected chi connectivity index (χ4v) is 5.93. The molecule has 1 unspecified atom stereocenters. The van der Waals surface area contributed by atoms with Gasteiger partial charge in [-0.3, -0.25) is 9.89 Å². The number of para-hydroxylation sites is 2. The molecule has 2 saturated carbocycles. The summed E-state index contributed by atoms with van der Waals surface area (Å²) in [4.78, 5) is 10.6. The van der Waals surface area contributed by atoms with E-state index < -0.39 is 0 Å². The zero-order valence-electron chi connectivity index (χ0n) is 15.8. The molecule has 2 aliphatic carbocycles. The van der Waals surface area contributed by atoms with Gasteiger partial charge >= 0.3 is 0 Å². The van der Waals surface area contributed by atoms with Crippen LogP contribution in [0, 0.1) is 5.92 Å². The predicted octanol–water partition coefficient (Wildman–Crippen LogP) is 4.02. The minimum absolute atomic E-state index is 0.314. The summed E-state index contributed by atoms with van der Waals surface area (Å²) in [6.07, 6.45) is 9.30. The molecule has 2 heterocycles. The summed E-state index contributed by atoms with van der Waals surface area (Å²) in [5.74, 6) is 0.669. The number of nitrogens with zero attached hydrogens (tertiary/aromatic N) is 3. The summed E-state index contributed by atoms with van der Waals surface area (Å²) in [6.45, 7) is 6.19. The third-order valence-electron chi connectivity index (χ3n) is 7.16. The Kier molecular flexibility index (Phi) is 4.49. The molecule has 0 radical (unpaired) electrons. The number of hydrogen-bond donors (Lipinski definition) is 0. The van der Waals surface area contributed by atoms with E-state index in [1.807, 2.05) is 0 Å². The van der Waals surface area contributed by atoms with Gasteiger partial charge in [-0.05, 0) is 44.2 Å². The van der Waals surface area contributed by atoms with E-state index in [9.17, 15) is 0 Å². The van der Waals surface area contributed by atoms with Crippen molar-refractivity contribution in [3.8, 4) is 0 Å². The van der Waals surface area contributed by atoms with Gasteiger partial charge in [0.05, 0.1) is 24.6 Å². The van der Waals surface area contributed by atoms with Crippen molar-refractivity contribution in [3.63, 3.8) is 0 Å². The van der Waals surface area contributed by atoms with Gasteiger partial charge in [-0.15, -0.1) is 0 Å². The molecule has 0 amide bonds. The molecule has 1 atom stereocenters. The quantitative estimate of drug-likeness (QED) is 0.821. The average molecular weight is 354 g/mol. The van der Waals surface area contributed by atoms with Crippen molar-refractivity contribution >= 4 is 17.1 Å². The van der Waals surface area contributed by atoms with E-state index in [0.717, 1.165) is 39.4 Å². The van der Waals surface area contributed by atoms with Gasteiger partial charge < -0.3 is 9.64 Å². The second-order valence-corrected chi connectivity index (χ2v) is 8.45. The highest BCUT2D eigenvalue weighted by molar-refractivity contribution is 5.95. The standard InChI is InChI=1S/C22H31N3O/c1-2-9-21-20(7-1)23-19-8-5-6-18(19)22(10-3-4-11-22)25(21)13-12-24-14-16-26-17-15-24/h1-2,7,9,18H,3-6,8,10-17H2. The highest BCUT2D eigenvalue weighted by atomic mass is 16.5. The van der Waals surface area contributed by atoms with Crippen molar-refractivity contribution in [2.75, 3.05) is 44.3 Å². The monoisotopic (exact) mass is 353 g/mol. The van der Waals surface area contributed by atoms with Crippen LogP contribution in [0.1, 0.15) is 44.9 Å². The van der Waals surface area contributed by atoms with Gasteiger partial charge in [-0.2, -0.15) is 0 Å². The van der Waals surface area contributed by atoms with Crippen LogP contribution in [0.5, 0.6) is 0 Å². The molecule has 3 fully saturated rings. The number of rotatable bonds is 3. The van der Waals surface area contributed by atoms with E-state index in [2.05, 4.69) is 34.1 Å². The fraction of sp³-hybridized carbons (Fsp3) is 0.682. The molecule has 5 rings (SSSR count). The Bertz CT molecular complexity index is 674. The van der Waals surface area contributed by atoms with Crippen LogP contribution in [0.25, 0.3) is 0 Å². The molecule has 0 bridgehead atoms. The predicted molar refractivity (Wildman–Crippen MR) is 107 cm³/mol. The van der Waals surface area contributed by atoms with Crippen LogP contribution in [-0.4, -0.2) is 55.5 Å². The second-order valence-electron chi connectivity index (χ2n) is 8.45. The molecule has 4 nitrogen and oxygen atoms in total. The maximum absolute atomic E-state index is 5.54. The lowest BCUT2D eigenvalue weighted by Gasteiger charge is -2.47. The van der Waals surface area contributed by atoms with E-state index in [0.29, 0.717) is 11.5 Å².